The molecule has 2 aromatic carbocycles. The number of carbonyl (C=O) groups excluding carboxylic acids is 2. The fraction of sp³-hybridized carbons (Fsp3) is 0.167. The fourth-order valence-electron chi connectivity index (χ4n) is 2.17. The third kappa shape index (κ3) is 6.47. The number of anilines is 1. The Morgan fingerprint density at radius 2 is 1.89 bits per heavy atom. The number of rotatable bonds is 8. The Morgan fingerprint density at radius 1 is 1.18 bits per heavy atom. The highest BCUT2D eigenvalue weighted by Crippen LogP contribution is 2.22. The molecule has 0 aliphatic carbocycles. The van der Waals surface area contributed by atoms with E-state index in [4.69, 9.17) is 0 Å². The summed E-state index contributed by atoms with van der Waals surface area (Å²) in [6.07, 6.45) is 1.66. The van der Waals surface area contributed by atoms with E-state index in [0.717, 1.165) is 22.8 Å². The van der Waals surface area contributed by atoms with Crippen molar-refractivity contribution in [2.45, 2.75) is 19.3 Å². The van der Waals surface area contributed by atoms with Gasteiger partial charge in [-0.2, -0.15) is 5.10 Å². The van der Waals surface area contributed by atoms with Gasteiger partial charge in [-0.05, 0) is 40.5 Å². The van der Waals surface area contributed by atoms with Crippen LogP contribution >= 0.6 is 15.9 Å². The summed E-state index contributed by atoms with van der Waals surface area (Å²) in [4.78, 5) is 33.8. The molecule has 0 fully saturated rings. The predicted octanol–water partition coefficient (Wildman–Crippen LogP) is 3.32. The number of phenolic OH excluding ortho intramolecular Hbond substituents is 1. The van der Waals surface area contributed by atoms with Crippen LogP contribution in [0.5, 0.6) is 5.75 Å². The molecule has 0 atom stereocenters. The number of amides is 2. The number of nitrogens with one attached hydrogen (secondary N) is 2. The number of nitro groups is 1. The highest BCUT2D eigenvalue weighted by molar-refractivity contribution is 9.10. The molecule has 9 nitrogen and oxygen atoms in total. The van der Waals surface area contributed by atoms with Crippen LogP contribution in [-0.2, 0) is 9.59 Å². The number of non-ortho nitro benzene ring substituents is 1. The number of hydrogen-bond acceptors (Lipinski definition) is 6. The second kappa shape index (κ2) is 10.2. The van der Waals surface area contributed by atoms with Crippen molar-refractivity contribution in [1.29, 1.82) is 0 Å². The summed E-state index contributed by atoms with van der Waals surface area (Å²) in [7, 11) is 0. The molecule has 3 N–H and O–H groups in total. The summed E-state index contributed by atoms with van der Waals surface area (Å²) in [6, 6.07) is 10.7. The van der Waals surface area contributed by atoms with Gasteiger partial charge >= 0.3 is 0 Å². The van der Waals surface area contributed by atoms with Gasteiger partial charge in [-0.1, -0.05) is 12.1 Å². The van der Waals surface area contributed by atoms with Crippen molar-refractivity contribution >= 4 is 45.3 Å². The topological polar surface area (TPSA) is 134 Å². The van der Waals surface area contributed by atoms with Gasteiger partial charge in [0.25, 0.3) is 5.69 Å². The Morgan fingerprint density at radius 3 is 2.61 bits per heavy atom. The Labute approximate surface area is 168 Å². The number of nitrogens with zero attached hydrogens (tertiary/aromatic N) is 2. The Bertz CT molecular complexity index is 917. The summed E-state index contributed by atoms with van der Waals surface area (Å²) >= 11 is 3.33. The first-order valence-electron chi connectivity index (χ1n) is 8.20. The van der Waals surface area contributed by atoms with Crippen LogP contribution in [0.25, 0.3) is 0 Å². The minimum atomic E-state index is -0.603. The van der Waals surface area contributed by atoms with Gasteiger partial charge in [0.05, 0.1) is 16.8 Å². The number of hydrogen-bond donors (Lipinski definition) is 3. The molecule has 0 aliphatic rings. The van der Waals surface area contributed by atoms with E-state index in [2.05, 4.69) is 31.8 Å². The molecule has 28 heavy (non-hydrogen) atoms. The first-order valence-corrected chi connectivity index (χ1v) is 9.00. The number of halogens is 1. The molecule has 2 amide bonds. The molecule has 0 saturated heterocycles. The van der Waals surface area contributed by atoms with Crippen molar-refractivity contribution < 1.29 is 19.6 Å². The molecule has 0 aromatic heterocycles. The summed E-state index contributed by atoms with van der Waals surface area (Å²) in [5.74, 6) is -0.841. The van der Waals surface area contributed by atoms with E-state index in [1.807, 2.05) is 6.07 Å². The molecule has 0 bridgehead atoms. The standard InChI is InChI=1S/C18H17BrN4O5/c19-14-4-1-2-5-15(14)21-17(25)6-3-7-18(26)22-20-11-12-10-13(23(27)28)8-9-16(12)24/h1-2,4-5,8-11,24H,3,6-7H2,(H,21,25)(H,22,26)/b20-11+. The van der Waals surface area contributed by atoms with Crippen LogP contribution in [0.15, 0.2) is 52.0 Å². The lowest BCUT2D eigenvalue weighted by atomic mass is 10.2. The van der Waals surface area contributed by atoms with Crippen molar-refractivity contribution in [3.63, 3.8) is 0 Å². The average molecular weight is 449 g/mol. The maximum absolute atomic E-state index is 11.9. The van der Waals surface area contributed by atoms with Crippen LogP contribution in [0.3, 0.4) is 0 Å². The quantitative estimate of drug-likeness (QED) is 0.323. The van der Waals surface area contributed by atoms with E-state index < -0.39 is 10.8 Å². The van der Waals surface area contributed by atoms with E-state index in [9.17, 15) is 24.8 Å². The monoisotopic (exact) mass is 448 g/mol. The summed E-state index contributed by atoms with van der Waals surface area (Å²) in [5, 5.41) is 26.8. The van der Waals surface area contributed by atoms with Crippen LogP contribution in [0.2, 0.25) is 0 Å². The Balaban J connectivity index is 1.76. The number of carbonyl (C=O) groups is 2. The van der Waals surface area contributed by atoms with Crippen LogP contribution in [-0.4, -0.2) is 28.1 Å². The van der Waals surface area contributed by atoms with Gasteiger partial charge in [-0.3, -0.25) is 19.7 Å². The number of hydrazone groups is 1. The van der Waals surface area contributed by atoms with E-state index in [1.165, 1.54) is 6.07 Å². The highest BCUT2D eigenvalue weighted by atomic mass is 79.9. The van der Waals surface area contributed by atoms with Crippen molar-refractivity contribution in [2.24, 2.45) is 5.10 Å². The van der Waals surface area contributed by atoms with Gasteiger partial charge < -0.3 is 10.4 Å². The van der Waals surface area contributed by atoms with Gasteiger partial charge in [0, 0.05) is 35.0 Å². The molecule has 146 valence electrons. The van der Waals surface area contributed by atoms with Gasteiger partial charge in [0.1, 0.15) is 5.75 Å². The zero-order valence-corrected chi connectivity index (χ0v) is 16.2. The molecule has 10 heteroatoms. The van der Waals surface area contributed by atoms with Crippen LogP contribution in [0, 0.1) is 10.1 Å². The maximum atomic E-state index is 11.9. The predicted molar refractivity (Wildman–Crippen MR) is 107 cm³/mol. The van der Waals surface area contributed by atoms with Crippen molar-refractivity contribution in [3.8, 4) is 5.75 Å². The maximum Gasteiger partial charge on any atom is 0.270 e. The molecule has 0 heterocycles. The van der Waals surface area contributed by atoms with Crippen molar-refractivity contribution in [2.75, 3.05) is 5.32 Å². The lowest BCUT2D eigenvalue weighted by Crippen LogP contribution is -2.18. The number of nitro benzene ring substituents is 1. The van der Waals surface area contributed by atoms with Gasteiger partial charge in [-0.25, -0.2) is 5.43 Å². The largest absolute Gasteiger partial charge is 0.507 e. The fourth-order valence-corrected chi connectivity index (χ4v) is 2.56. The normalized spacial score (nSPS) is 10.6. The summed E-state index contributed by atoms with van der Waals surface area (Å²) in [6.45, 7) is 0. The molecule has 0 aliphatic heterocycles. The number of phenols is 1. The lowest BCUT2D eigenvalue weighted by Gasteiger charge is -2.06. The van der Waals surface area contributed by atoms with Crippen molar-refractivity contribution in [1.82, 2.24) is 5.43 Å². The van der Waals surface area contributed by atoms with Gasteiger partial charge in [-0.15, -0.1) is 0 Å². The lowest BCUT2D eigenvalue weighted by molar-refractivity contribution is -0.384. The number of aromatic hydroxyl groups is 1. The van der Waals surface area contributed by atoms with Crippen LogP contribution in [0.4, 0.5) is 11.4 Å². The SMILES string of the molecule is O=C(CCCC(=O)Nc1ccccc1Br)N/N=C/c1cc([N+](=O)[O-])ccc1O. The Hall–Kier alpha value is -3.27. The minimum absolute atomic E-state index is 0.0711. The second-order valence-corrected chi connectivity index (χ2v) is 6.53. The summed E-state index contributed by atoms with van der Waals surface area (Å²) < 4.78 is 0.764. The molecule has 0 spiro atoms. The average Bonchev–Trinajstić information content (AvgIpc) is 2.65. The van der Waals surface area contributed by atoms with E-state index in [-0.39, 0.29) is 35.7 Å². The van der Waals surface area contributed by atoms with E-state index >= 15 is 0 Å². The van der Waals surface area contributed by atoms with Gasteiger partial charge in [0.15, 0.2) is 0 Å². The summed E-state index contributed by atoms with van der Waals surface area (Å²) in [5.41, 5.74) is 2.79. The molecule has 0 unspecified atom stereocenters. The zero-order valence-electron chi connectivity index (χ0n) is 14.6. The first kappa shape index (κ1) is 21.0. The Kier molecular flexibility index (Phi) is 7.64. The molecule has 0 saturated carbocycles. The van der Waals surface area contributed by atoms with E-state index in [0.29, 0.717) is 12.1 Å². The molecular weight excluding hydrogens is 432 g/mol. The molecule has 0 radical (unpaired) electrons. The van der Waals surface area contributed by atoms with Crippen LogP contribution in [0.1, 0.15) is 24.8 Å². The first-order chi connectivity index (χ1) is 13.4. The van der Waals surface area contributed by atoms with E-state index in [1.54, 1.807) is 18.2 Å². The third-order valence-electron chi connectivity index (χ3n) is 3.57. The number of benzene rings is 2. The minimum Gasteiger partial charge on any atom is -0.507 e. The van der Waals surface area contributed by atoms with Crippen LogP contribution < -0.4 is 10.7 Å². The smallest absolute Gasteiger partial charge is 0.270 e. The molecular formula is C18H17BrN4O5. The third-order valence-corrected chi connectivity index (χ3v) is 4.26. The zero-order chi connectivity index (χ0) is 20.5. The second-order valence-electron chi connectivity index (χ2n) is 5.67. The van der Waals surface area contributed by atoms with Gasteiger partial charge in [0.2, 0.25) is 11.8 Å². The molecule has 2 aromatic rings. The number of para-hydroxylation sites is 1. The highest BCUT2D eigenvalue weighted by Gasteiger charge is 2.09. The van der Waals surface area contributed by atoms with Crippen molar-refractivity contribution in [3.05, 3.63) is 62.6 Å². The molecule has 2 rings (SSSR count).